The zero-order valence-corrected chi connectivity index (χ0v) is 19.6. The fraction of sp³-hybridized carbons (Fsp3) is 0.414. The van der Waals surface area contributed by atoms with Crippen LogP contribution in [0.5, 0.6) is 0 Å². The number of rotatable bonds is 4. The summed E-state index contributed by atoms with van der Waals surface area (Å²) in [5, 5.41) is 24.1. The minimum atomic E-state index is -0.805. The highest BCUT2D eigenvalue weighted by Crippen LogP contribution is 2.50. The quantitative estimate of drug-likeness (QED) is 0.602. The summed E-state index contributed by atoms with van der Waals surface area (Å²) in [6.07, 6.45) is 14.6. The smallest absolute Gasteiger partial charge is 0.212 e. The molecule has 5 aliphatic rings. The van der Waals surface area contributed by atoms with Gasteiger partial charge in [0.05, 0.1) is 12.7 Å². The number of aryl methyl sites for hydroxylation is 2. The lowest BCUT2D eigenvalue weighted by molar-refractivity contribution is 0.146. The molecule has 0 saturated carbocycles. The lowest BCUT2D eigenvalue weighted by atomic mass is 9.67. The van der Waals surface area contributed by atoms with Gasteiger partial charge in [-0.05, 0) is 78.5 Å². The summed E-state index contributed by atoms with van der Waals surface area (Å²) >= 11 is 0. The van der Waals surface area contributed by atoms with E-state index >= 15 is 0 Å². The van der Waals surface area contributed by atoms with Gasteiger partial charge in [-0.1, -0.05) is 42.8 Å². The summed E-state index contributed by atoms with van der Waals surface area (Å²) in [7, 11) is 0. The normalized spacial score (nSPS) is 29.4. The minimum absolute atomic E-state index is 0.0904. The molecule has 0 aromatic heterocycles. The zero-order chi connectivity index (χ0) is 23.2. The highest BCUT2D eigenvalue weighted by atomic mass is 16.5. The van der Waals surface area contributed by atoms with Crippen molar-refractivity contribution in [3.05, 3.63) is 87.9 Å². The second kappa shape index (κ2) is 8.62. The van der Waals surface area contributed by atoms with E-state index in [1.807, 2.05) is 6.08 Å². The number of hydrogen-bond acceptors (Lipinski definition) is 5. The monoisotopic (exact) mass is 456 g/mol. The molecule has 4 unspecified atom stereocenters. The Morgan fingerprint density at radius 3 is 2.76 bits per heavy atom. The third-order valence-electron chi connectivity index (χ3n) is 7.76. The van der Waals surface area contributed by atoms with E-state index in [9.17, 15) is 10.2 Å². The van der Waals surface area contributed by atoms with Gasteiger partial charge in [0.15, 0.2) is 0 Å². The number of allylic oxidation sites excluding steroid dienone is 5. The molecule has 1 aliphatic heterocycles. The number of aliphatic hydroxyl groups is 2. The van der Waals surface area contributed by atoms with Crippen LogP contribution < -0.4 is 5.32 Å². The average molecular weight is 457 g/mol. The van der Waals surface area contributed by atoms with E-state index in [-0.39, 0.29) is 23.8 Å². The maximum absolute atomic E-state index is 10.6. The lowest BCUT2D eigenvalue weighted by Crippen LogP contribution is -2.44. The Labute approximate surface area is 200 Å². The molecular weight excluding hydrogens is 424 g/mol. The topological polar surface area (TPSA) is 74.1 Å². The van der Waals surface area contributed by atoms with Crippen molar-refractivity contribution >= 4 is 11.5 Å². The van der Waals surface area contributed by atoms with E-state index in [0.29, 0.717) is 12.5 Å². The molecule has 0 fully saturated rings. The highest BCUT2D eigenvalue weighted by Gasteiger charge is 2.37. The molecule has 5 nitrogen and oxygen atoms in total. The van der Waals surface area contributed by atoms with Crippen LogP contribution in [-0.4, -0.2) is 35.0 Å². The van der Waals surface area contributed by atoms with Gasteiger partial charge in [-0.15, -0.1) is 0 Å². The van der Waals surface area contributed by atoms with E-state index in [0.717, 1.165) is 44.2 Å². The molecule has 1 aromatic carbocycles. The summed E-state index contributed by atoms with van der Waals surface area (Å²) in [4.78, 5) is 4.80. The standard InChI is InChI=1S/C29H32N2O3/c1-2-14-34-26-16-24(30-29(31-26)23-13-10-20(32)15-25(23)33)21-11-8-19-7-6-17-4-3-5-18-9-12-22(21)28(19)27(17)18/h3-5,8,10,13,15-16,21,23,25,29-30,32-33H,2,6-7,9,11-12,14H2,1H3. The molecule has 0 bridgehead atoms. The number of nitrogens with zero attached hydrogens (tertiary/aromatic N) is 1. The Kier molecular flexibility index (Phi) is 5.45. The van der Waals surface area contributed by atoms with Crippen LogP contribution in [0.3, 0.4) is 0 Å². The van der Waals surface area contributed by atoms with Crippen molar-refractivity contribution in [3.8, 4) is 0 Å². The molecule has 4 atom stereocenters. The fourth-order valence-electron chi connectivity index (χ4n) is 6.16. The Hall–Kier alpha value is -3.05. The van der Waals surface area contributed by atoms with Gasteiger partial charge in [-0.25, -0.2) is 4.99 Å². The first-order chi connectivity index (χ1) is 16.6. The van der Waals surface area contributed by atoms with Crippen LogP contribution in [0.2, 0.25) is 0 Å². The maximum atomic E-state index is 10.6. The minimum Gasteiger partial charge on any atom is -0.508 e. The molecule has 0 spiro atoms. The lowest BCUT2D eigenvalue weighted by Gasteiger charge is -2.40. The van der Waals surface area contributed by atoms with E-state index in [4.69, 9.17) is 9.73 Å². The largest absolute Gasteiger partial charge is 0.508 e. The molecule has 1 heterocycles. The van der Waals surface area contributed by atoms with Crippen molar-refractivity contribution in [2.75, 3.05) is 6.61 Å². The molecule has 0 saturated heterocycles. The first-order valence-electron chi connectivity index (χ1n) is 12.6. The van der Waals surface area contributed by atoms with E-state index in [1.54, 1.807) is 6.08 Å². The molecule has 0 amide bonds. The van der Waals surface area contributed by atoms with Crippen molar-refractivity contribution in [2.24, 2.45) is 16.8 Å². The van der Waals surface area contributed by atoms with Gasteiger partial charge in [0.2, 0.25) is 5.90 Å². The van der Waals surface area contributed by atoms with Crippen LogP contribution in [0.1, 0.15) is 49.3 Å². The number of aliphatic imine (C=N–C) groups is 1. The van der Waals surface area contributed by atoms with Crippen molar-refractivity contribution < 1.29 is 14.9 Å². The van der Waals surface area contributed by atoms with Crippen molar-refractivity contribution in [3.63, 3.8) is 0 Å². The highest BCUT2D eigenvalue weighted by molar-refractivity contribution is 5.91. The number of aliphatic hydroxyl groups excluding tert-OH is 2. The van der Waals surface area contributed by atoms with Gasteiger partial charge < -0.3 is 20.3 Å². The van der Waals surface area contributed by atoms with Crippen molar-refractivity contribution in [1.82, 2.24) is 5.32 Å². The number of hydrogen-bond donors (Lipinski definition) is 3. The first-order valence-corrected chi connectivity index (χ1v) is 12.6. The summed E-state index contributed by atoms with van der Waals surface area (Å²) in [6.45, 7) is 2.70. The van der Waals surface area contributed by atoms with Crippen LogP contribution in [0.25, 0.3) is 5.57 Å². The van der Waals surface area contributed by atoms with Gasteiger partial charge in [-0.2, -0.15) is 0 Å². The van der Waals surface area contributed by atoms with Crippen LogP contribution in [0.15, 0.2) is 76.2 Å². The molecule has 1 aromatic rings. The Bertz CT molecular complexity index is 1200. The molecule has 34 heavy (non-hydrogen) atoms. The molecular formula is C29H32N2O3. The predicted molar refractivity (Wildman–Crippen MR) is 134 cm³/mol. The zero-order valence-electron chi connectivity index (χ0n) is 19.6. The van der Waals surface area contributed by atoms with Crippen LogP contribution in [-0.2, 0) is 17.6 Å². The fourth-order valence-corrected chi connectivity index (χ4v) is 6.16. The van der Waals surface area contributed by atoms with Crippen LogP contribution in [0.4, 0.5) is 0 Å². The number of nitrogens with one attached hydrogen (secondary N) is 1. The molecule has 5 heteroatoms. The second-order valence-electron chi connectivity index (χ2n) is 9.89. The van der Waals surface area contributed by atoms with Gasteiger partial charge >= 0.3 is 0 Å². The SMILES string of the molecule is CCCOC1=NC(C2C=CC(O)=CC2O)NC(C2CC=C3CCc4cccc5c4C3=C2CC5)=C1. The third-order valence-corrected chi connectivity index (χ3v) is 7.76. The van der Waals surface area contributed by atoms with Gasteiger partial charge in [-0.3, -0.25) is 0 Å². The first kappa shape index (κ1) is 21.5. The van der Waals surface area contributed by atoms with Gasteiger partial charge in [0.1, 0.15) is 11.9 Å². The average Bonchev–Trinajstić information content (AvgIpc) is 2.85. The second-order valence-corrected chi connectivity index (χ2v) is 9.89. The molecule has 3 N–H and O–H groups in total. The Balaban J connectivity index is 1.37. The molecule has 4 aliphatic carbocycles. The number of benzene rings is 1. The Morgan fingerprint density at radius 2 is 1.97 bits per heavy atom. The predicted octanol–water partition coefficient (Wildman–Crippen LogP) is 4.91. The summed E-state index contributed by atoms with van der Waals surface area (Å²) in [5.41, 5.74) is 10.1. The maximum Gasteiger partial charge on any atom is 0.212 e. The van der Waals surface area contributed by atoms with Gasteiger partial charge in [0.25, 0.3) is 0 Å². The van der Waals surface area contributed by atoms with Crippen molar-refractivity contribution in [1.29, 1.82) is 0 Å². The third kappa shape index (κ3) is 3.63. The van der Waals surface area contributed by atoms with E-state index in [2.05, 4.69) is 42.6 Å². The van der Waals surface area contributed by atoms with Gasteiger partial charge in [0, 0.05) is 23.6 Å². The van der Waals surface area contributed by atoms with Crippen LogP contribution >= 0.6 is 0 Å². The van der Waals surface area contributed by atoms with E-state index < -0.39 is 6.10 Å². The summed E-state index contributed by atoms with van der Waals surface area (Å²) < 4.78 is 6.01. The summed E-state index contributed by atoms with van der Waals surface area (Å²) in [5.74, 6) is 0.694. The molecule has 6 rings (SSSR count). The van der Waals surface area contributed by atoms with Crippen LogP contribution in [0, 0.1) is 11.8 Å². The number of ether oxygens (including phenoxy) is 1. The molecule has 0 radical (unpaired) electrons. The molecule has 176 valence electrons. The Morgan fingerprint density at radius 1 is 1.15 bits per heavy atom. The van der Waals surface area contributed by atoms with Crippen molar-refractivity contribution in [2.45, 2.75) is 57.7 Å². The summed E-state index contributed by atoms with van der Waals surface area (Å²) in [6, 6.07) is 6.81. The van der Waals surface area contributed by atoms with E-state index in [1.165, 1.54) is 39.5 Å².